The number of unbranched alkanes of at least 4 members (excludes halogenated alkanes) is 30. The molecule has 5 unspecified atom stereocenters. The Kier molecular flexibility index (Phi) is 73.3. The van der Waals surface area contributed by atoms with Gasteiger partial charge in [-0.05, 0) is 154 Å². The maximum Gasteiger partial charge on any atom is 0.472 e. The Labute approximate surface area is 632 Å². The van der Waals surface area contributed by atoms with Gasteiger partial charge in [-0.1, -0.05) is 278 Å². The highest BCUT2D eigenvalue weighted by Gasteiger charge is 2.30. The van der Waals surface area contributed by atoms with E-state index in [0.717, 1.165) is 212 Å². The zero-order chi connectivity index (χ0) is 76.0. The summed E-state index contributed by atoms with van der Waals surface area (Å²) >= 11 is 0. The summed E-state index contributed by atoms with van der Waals surface area (Å²) in [5.74, 6) is -2.22. The molecule has 0 saturated carbocycles. The number of rotatable bonds is 76. The molecule has 0 bridgehead atoms. The van der Waals surface area contributed by atoms with Crippen LogP contribution >= 0.6 is 15.6 Å². The average molecular weight is 1500 g/mol. The summed E-state index contributed by atoms with van der Waals surface area (Å²) in [5, 5.41) is 10.6. The van der Waals surface area contributed by atoms with Gasteiger partial charge in [0.25, 0.3) is 0 Å². The van der Waals surface area contributed by atoms with Crippen LogP contribution in [0.2, 0.25) is 0 Å². The van der Waals surface area contributed by atoms with Crippen molar-refractivity contribution < 1.29 is 80.2 Å². The van der Waals surface area contributed by atoms with Gasteiger partial charge in [0.05, 0.1) is 26.4 Å². The van der Waals surface area contributed by atoms with Crippen LogP contribution in [0, 0.1) is 0 Å². The third-order valence-electron chi connectivity index (χ3n) is 16.9. The van der Waals surface area contributed by atoms with Gasteiger partial charge >= 0.3 is 39.5 Å². The van der Waals surface area contributed by atoms with Crippen molar-refractivity contribution in [1.29, 1.82) is 0 Å². The van der Waals surface area contributed by atoms with E-state index in [-0.39, 0.29) is 25.7 Å². The zero-order valence-electron chi connectivity index (χ0n) is 65.4. The molecule has 0 spiro atoms. The Morgan fingerprint density at radius 3 is 0.798 bits per heavy atom. The van der Waals surface area contributed by atoms with Crippen LogP contribution in [0.5, 0.6) is 0 Å². The van der Waals surface area contributed by atoms with Gasteiger partial charge in [0, 0.05) is 25.7 Å². The first-order valence-electron chi connectivity index (χ1n) is 40.8. The van der Waals surface area contributed by atoms with Gasteiger partial charge in [-0.25, -0.2) is 9.13 Å². The number of aliphatic hydroxyl groups excluding tert-OH is 1. The van der Waals surface area contributed by atoms with Gasteiger partial charge in [-0.2, -0.15) is 0 Å². The van der Waals surface area contributed by atoms with E-state index in [1.54, 1.807) is 0 Å². The molecular weight excluding hydrogens is 1350 g/mol. The van der Waals surface area contributed by atoms with Crippen molar-refractivity contribution in [2.75, 3.05) is 39.6 Å². The predicted octanol–water partition coefficient (Wildman–Crippen LogP) is 23.9. The van der Waals surface area contributed by atoms with E-state index in [0.29, 0.717) is 25.7 Å². The summed E-state index contributed by atoms with van der Waals surface area (Å²) in [6.07, 6.45) is 84.5. The maximum atomic E-state index is 13.1. The van der Waals surface area contributed by atoms with E-state index in [1.807, 2.05) is 0 Å². The van der Waals surface area contributed by atoms with Crippen LogP contribution in [0.25, 0.3) is 0 Å². The number of phosphoric ester groups is 2. The van der Waals surface area contributed by atoms with E-state index >= 15 is 0 Å². The molecule has 0 aromatic heterocycles. The lowest BCUT2D eigenvalue weighted by molar-refractivity contribution is -0.161. The molecule has 0 saturated heterocycles. The smallest absolute Gasteiger partial charge is 0.462 e. The van der Waals surface area contributed by atoms with Crippen molar-refractivity contribution in [2.24, 2.45) is 0 Å². The first-order chi connectivity index (χ1) is 50.7. The molecule has 0 aromatic carbocycles. The van der Waals surface area contributed by atoms with Gasteiger partial charge in [0.1, 0.15) is 19.3 Å². The summed E-state index contributed by atoms with van der Waals surface area (Å²) < 4.78 is 68.7. The number of aliphatic hydroxyl groups is 1. The predicted molar refractivity (Wildman–Crippen MR) is 427 cm³/mol. The summed E-state index contributed by atoms with van der Waals surface area (Å²) in [5.41, 5.74) is 0. The van der Waals surface area contributed by atoms with Gasteiger partial charge in [-0.3, -0.25) is 37.3 Å². The second-order valence-corrected chi connectivity index (χ2v) is 29.8. The third kappa shape index (κ3) is 75.7. The van der Waals surface area contributed by atoms with Crippen LogP contribution in [-0.2, 0) is 65.4 Å². The van der Waals surface area contributed by atoms with Gasteiger partial charge in [-0.15, -0.1) is 0 Å². The fourth-order valence-corrected chi connectivity index (χ4v) is 12.3. The van der Waals surface area contributed by atoms with E-state index in [4.69, 9.17) is 37.0 Å². The van der Waals surface area contributed by atoms with Crippen LogP contribution in [0.15, 0.2) is 122 Å². The number of esters is 4. The summed E-state index contributed by atoms with van der Waals surface area (Å²) in [6.45, 7) is 4.59. The maximum absolute atomic E-state index is 13.1. The molecule has 0 aliphatic carbocycles. The zero-order valence-corrected chi connectivity index (χ0v) is 67.2. The molecular formula is C85H146O17P2. The fraction of sp³-hybridized carbons (Fsp3) is 0.718. The number of hydrogen-bond donors (Lipinski definition) is 3. The summed E-state index contributed by atoms with van der Waals surface area (Å²) in [7, 11) is -9.97. The Balaban J connectivity index is 5.38. The minimum Gasteiger partial charge on any atom is -0.462 e. The molecule has 598 valence electrons. The fourth-order valence-electron chi connectivity index (χ4n) is 10.7. The first kappa shape index (κ1) is 99.5. The highest BCUT2D eigenvalue weighted by Crippen LogP contribution is 2.45. The van der Waals surface area contributed by atoms with E-state index in [9.17, 15) is 43.2 Å². The van der Waals surface area contributed by atoms with Crippen molar-refractivity contribution in [1.82, 2.24) is 0 Å². The van der Waals surface area contributed by atoms with Crippen LogP contribution in [0.4, 0.5) is 0 Å². The van der Waals surface area contributed by atoms with Crippen molar-refractivity contribution in [2.45, 2.75) is 354 Å². The molecule has 0 radical (unpaired) electrons. The SMILES string of the molecule is CC/C=C\C/C=C\C/C=C\C/C=C\CCCCCCCCC(=O)OCC(COP(=O)(O)OCC(O)COP(=O)(O)OCC(COC(=O)CCCCCCC/C=C\C/C=C\CCCCC)OC(=O)CCCCCCC/C=C\CCCCCC)OC(=O)CCCCCCCCC/C=C\C/C=C\C/C=C\CC. The van der Waals surface area contributed by atoms with Crippen LogP contribution in [0.3, 0.4) is 0 Å². The van der Waals surface area contributed by atoms with Crippen molar-refractivity contribution in [3.8, 4) is 0 Å². The molecule has 0 heterocycles. The molecule has 19 heteroatoms. The van der Waals surface area contributed by atoms with Crippen LogP contribution in [-0.4, -0.2) is 96.7 Å². The number of hydrogen-bond acceptors (Lipinski definition) is 15. The van der Waals surface area contributed by atoms with Crippen molar-refractivity contribution in [3.63, 3.8) is 0 Å². The lowest BCUT2D eigenvalue weighted by Gasteiger charge is -2.21. The van der Waals surface area contributed by atoms with E-state index in [1.165, 1.54) is 44.9 Å². The van der Waals surface area contributed by atoms with Crippen molar-refractivity contribution >= 4 is 39.5 Å². The molecule has 3 N–H and O–H groups in total. The lowest BCUT2D eigenvalue weighted by Crippen LogP contribution is -2.30. The molecule has 17 nitrogen and oxygen atoms in total. The summed E-state index contributed by atoms with van der Waals surface area (Å²) in [6, 6.07) is 0. The minimum atomic E-state index is -4.99. The van der Waals surface area contributed by atoms with Gasteiger partial charge in [0.2, 0.25) is 0 Å². The number of ether oxygens (including phenoxy) is 4. The highest BCUT2D eigenvalue weighted by molar-refractivity contribution is 7.47. The average Bonchev–Trinajstić information content (AvgIpc) is 0.911. The Bertz CT molecular complexity index is 2440. The second kappa shape index (κ2) is 76.6. The normalized spacial score (nSPS) is 14.5. The van der Waals surface area contributed by atoms with Gasteiger partial charge < -0.3 is 33.8 Å². The summed E-state index contributed by atoms with van der Waals surface area (Å²) in [4.78, 5) is 73.1. The molecule has 0 fully saturated rings. The minimum absolute atomic E-state index is 0.0779. The Morgan fingerprint density at radius 1 is 0.279 bits per heavy atom. The number of carbonyl (C=O) groups excluding carboxylic acids is 4. The van der Waals surface area contributed by atoms with Crippen LogP contribution in [0.1, 0.15) is 336 Å². The molecule has 0 aliphatic rings. The van der Waals surface area contributed by atoms with Crippen molar-refractivity contribution in [3.05, 3.63) is 122 Å². The highest BCUT2D eigenvalue weighted by atomic mass is 31.2. The van der Waals surface area contributed by atoms with Crippen LogP contribution < -0.4 is 0 Å². The second-order valence-electron chi connectivity index (χ2n) is 26.9. The molecule has 0 aliphatic heterocycles. The van der Waals surface area contributed by atoms with Gasteiger partial charge in [0.15, 0.2) is 12.2 Å². The molecule has 104 heavy (non-hydrogen) atoms. The molecule has 5 atom stereocenters. The Morgan fingerprint density at radius 2 is 0.500 bits per heavy atom. The van der Waals surface area contributed by atoms with E-state index in [2.05, 4.69) is 149 Å². The molecule has 0 rings (SSSR count). The standard InChI is InChI=1S/C85H146O17P2/c1-5-9-13-17-21-25-29-33-36-38-39-41-43-47-50-54-58-62-66-70-83(88)96-76-81(102-85(90)72-68-64-60-56-52-48-44-40-37-34-30-26-22-18-14-10-6-2)78-100-104(93,94)98-74-79(86)73-97-103(91,92)99-77-80(101-84(89)71-67-63-59-55-51-45-32-28-24-20-16-12-8-4)75-95-82(87)69-65-61-57-53-49-46-42-35-31-27-23-19-15-11-7-3/h9-10,13-14,21-23,25-28,32-37,39,41-42,79-81,86H,5-8,11-12,15-20,24,29-31,38,40,43-78H2,1-4H3,(H,91,92)(H,93,94)/b13-9-,14-10-,25-21-,26-22-,27-23-,32-28-,36-33-,37-34-,41-39-,42-35-. The molecule has 0 aromatic rings. The quantitative estimate of drug-likeness (QED) is 0.0169. The van der Waals surface area contributed by atoms with E-state index < -0.39 is 97.5 Å². The monoisotopic (exact) mass is 1500 g/mol. The largest absolute Gasteiger partial charge is 0.472 e. The topological polar surface area (TPSA) is 237 Å². The number of carbonyl (C=O) groups is 4. The molecule has 0 amide bonds. The first-order valence-corrected chi connectivity index (χ1v) is 43.8. The number of phosphoric acid groups is 2. The number of allylic oxidation sites excluding steroid dienone is 20. The lowest BCUT2D eigenvalue weighted by atomic mass is 10.1. The third-order valence-corrected chi connectivity index (χ3v) is 18.8. The Hall–Kier alpha value is -4.54.